The Kier molecular flexibility index (Phi) is 3.57. The van der Waals surface area contributed by atoms with Gasteiger partial charge in [-0.1, -0.05) is 5.16 Å². The zero-order chi connectivity index (χ0) is 14.8. The molecule has 2 rings (SSSR count). The van der Waals surface area contributed by atoms with Crippen LogP contribution in [-0.2, 0) is 10.0 Å². The third kappa shape index (κ3) is 2.69. The minimum atomic E-state index is -3.90. The van der Waals surface area contributed by atoms with Gasteiger partial charge >= 0.3 is 0 Å². The molecule has 2 N–H and O–H groups in total. The Balaban J connectivity index is 2.43. The van der Waals surface area contributed by atoms with Crippen LogP contribution < -0.4 is 10.0 Å². The molecule has 0 radical (unpaired) electrons. The lowest BCUT2D eigenvalue weighted by Gasteiger charge is -2.10. The Labute approximate surface area is 113 Å². The number of benzene rings is 1. The fraction of sp³-hybridized carbons (Fsp3) is 0.100. The Morgan fingerprint density at radius 3 is 2.70 bits per heavy atom. The number of nitro benzene ring substituents is 1. The summed E-state index contributed by atoms with van der Waals surface area (Å²) < 4.78 is 31.1. The molecule has 2 aromatic rings. The highest BCUT2D eigenvalue weighted by atomic mass is 32.2. The molecule has 0 atom stereocenters. The summed E-state index contributed by atoms with van der Waals surface area (Å²) >= 11 is 0. The summed E-state index contributed by atoms with van der Waals surface area (Å²) in [5.74, 6) is 0. The van der Waals surface area contributed by atoms with Crippen LogP contribution in [0.4, 0.5) is 17.1 Å². The zero-order valence-corrected chi connectivity index (χ0v) is 11.0. The Morgan fingerprint density at radius 1 is 1.40 bits per heavy atom. The molecule has 0 bridgehead atoms. The van der Waals surface area contributed by atoms with E-state index in [1.165, 1.54) is 13.2 Å². The molecular weight excluding hydrogens is 288 g/mol. The van der Waals surface area contributed by atoms with Gasteiger partial charge in [-0.25, -0.2) is 8.42 Å². The zero-order valence-electron chi connectivity index (χ0n) is 10.2. The van der Waals surface area contributed by atoms with E-state index in [0.717, 1.165) is 24.5 Å². The van der Waals surface area contributed by atoms with Crippen LogP contribution in [0, 0.1) is 10.1 Å². The summed E-state index contributed by atoms with van der Waals surface area (Å²) in [4.78, 5) is 9.95. The van der Waals surface area contributed by atoms with Crippen LogP contribution in [0.15, 0.2) is 40.1 Å². The van der Waals surface area contributed by atoms with E-state index in [1.807, 2.05) is 0 Å². The number of non-ortho nitro benzene ring substituents is 1. The maximum Gasteiger partial charge on any atom is 0.271 e. The second-order valence-electron chi connectivity index (χ2n) is 3.71. The monoisotopic (exact) mass is 298 g/mol. The van der Waals surface area contributed by atoms with Crippen molar-refractivity contribution >= 4 is 27.1 Å². The predicted molar refractivity (Wildman–Crippen MR) is 70.0 cm³/mol. The van der Waals surface area contributed by atoms with Crippen molar-refractivity contribution in [2.24, 2.45) is 0 Å². The van der Waals surface area contributed by atoms with Crippen LogP contribution >= 0.6 is 0 Å². The normalized spacial score (nSPS) is 11.1. The summed E-state index contributed by atoms with van der Waals surface area (Å²) in [5.41, 5.74) is 0.0619. The van der Waals surface area contributed by atoms with Crippen molar-refractivity contribution in [1.82, 2.24) is 5.16 Å². The maximum atomic E-state index is 12.2. The molecule has 1 aromatic heterocycles. The van der Waals surface area contributed by atoms with E-state index in [-0.39, 0.29) is 22.0 Å². The highest BCUT2D eigenvalue weighted by molar-refractivity contribution is 7.92. The van der Waals surface area contributed by atoms with Crippen LogP contribution in [0.5, 0.6) is 0 Å². The largest absolute Gasteiger partial charge is 0.387 e. The van der Waals surface area contributed by atoms with Crippen molar-refractivity contribution in [3.8, 4) is 0 Å². The van der Waals surface area contributed by atoms with Gasteiger partial charge in [0.1, 0.15) is 16.8 Å². The number of nitrogens with one attached hydrogen (secondary N) is 2. The van der Waals surface area contributed by atoms with E-state index in [0.29, 0.717) is 0 Å². The molecule has 0 spiro atoms. The second-order valence-corrected chi connectivity index (χ2v) is 5.36. The lowest BCUT2D eigenvalue weighted by atomic mass is 10.3. The van der Waals surface area contributed by atoms with Gasteiger partial charge < -0.3 is 9.84 Å². The van der Waals surface area contributed by atoms with Crippen molar-refractivity contribution in [2.45, 2.75) is 4.90 Å². The van der Waals surface area contributed by atoms with E-state index in [2.05, 4.69) is 19.7 Å². The molecule has 0 unspecified atom stereocenters. The average Bonchev–Trinajstić information content (AvgIpc) is 2.89. The number of aromatic nitrogens is 1. The highest BCUT2D eigenvalue weighted by Gasteiger charge is 2.21. The van der Waals surface area contributed by atoms with Gasteiger partial charge in [-0.15, -0.1) is 0 Å². The first kappa shape index (κ1) is 13.8. The first-order valence-corrected chi connectivity index (χ1v) is 6.81. The smallest absolute Gasteiger partial charge is 0.271 e. The summed E-state index contributed by atoms with van der Waals surface area (Å²) in [6.45, 7) is 0. The minimum absolute atomic E-state index is 0.114. The van der Waals surface area contributed by atoms with Crippen LogP contribution in [0.25, 0.3) is 0 Å². The van der Waals surface area contributed by atoms with E-state index in [1.54, 1.807) is 0 Å². The SMILES string of the molecule is CNc1cc([N+](=O)[O-])ccc1S(=O)(=O)Nc1cnoc1. The molecule has 1 aromatic carbocycles. The van der Waals surface area contributed by atoms with Crippen LogP contribution in [-0.4, -0.2) is 25.5 Å². The molecule has 9 nitrogen and oxygen atoms in total. The van der Waals surface area contributed by atoms with Crippen molar-refractivity contribution in [1.29, 1.82) is 0 Å². The molecule has 0 amide bonds. The number of rotatable bonds is 5. The minimum Gasteiger partial charge on any atom is -0.387 e. The molecule has 10 heteroatoms. The third-order valence-corrected chi connectivity index (χ3v) is 3.86. The Morgan fingerprint density at radius 2 is 2.15 bits per heavy atom. The molecular formula is C10H10N4O5S. The average molecular weight is 298 g/mol. The lowest BCUT2D eigenvalue weighted by molar-refractivity contribution is -0.384. The topological polar surface area (TPSA) is 127 Å². The van der Waals surface area contributed by atoms with Gasteiger partial charge in [-0.2, -0.15) is 0 Å². The number of hydrogen-bond acceptors (Lipinski definition) is 7. The van der Waals surface area contributed by atoms with E-state index < -0.39 is 14.9 Å². The predicted octanol–water partition coefficient (Wildman–Crippen LogP) is 1.43. The summed E-state index contributed by atoms with van der Waals surface area (Å²) in [5, 5.41) is 16.7. The fourth-order valence-corrected chi connectivity index (χ4v) is 2.75. The van der Waals surface area contributed by atoms with Gasteiger partial charge in [0.15, 0.2) is 0 Å². The number of anilines is 2. The van der Waals surface area contributed by atoms with Crippen molar-refractivity contribution in [3.05, 3.63) is 40.8 Å². The van der Waals surface area contributed by atoms with Crippen LogP contribution in [0.3, 0.4) is 0 Å². The highest BCUT2D eigenvalue weighted by Crippen LogP contribution is 2.27. The van der Waals surface area contributed by atoms with Gasteiger partial charge in [-0.3, -0.25) is 14.8 Å². The maximum absolute atomic E-state index is 12.2. The molecule has 1 heterocycles. The van der Waals surface area contributed by atoms with Crippen LogP contribution in [0.2, 0.25) is 0 Å². The summed E-state index contributed by atoms with van der Waals surface area (Å²) in [6, 6.07) is 3.41. The summed E-state index contributed by atoms with van der Waals surface area (Å²) in [7, 11) is -2.43. The van der Waals surface area contributed by atoms with Crippen molar-refractivity contribution in [2.75, 3.05) is 17.1 Å². The van der Waals surface area contributed by atoms with E-state index >= 15 is 0 Å². The molecule has 0 saturated carbocycles. The van der Waals surface area contributed by atoms with Gasteiger partial charge in [0.2, 0.25) is 0 Å². The number of sulfonamides is 1. The Hall–Kier alpha value is -2.62. The third-order valence-electron chi connectivity index (χ3n) is 2.42. The molecule has 20 heavy (non-hydrogen) atoms. The summed E-state index contributed by atoms with van der Waals surface area (Å²) in [6.07, 6.45) is 2.32. The quantitative estimate of drug-likeness (QED) is 0.631. The van der Waals surface area contributed by atoms with Crippen LogP contribution in [0.1, 0.15) is 0 Å². The van der Waals surface area contributed by atoms with Crippen molar-refractivity contribution in [3.63, 3.8) is 0 Å². The number of nitro groups is 1. The molecule has 0 aliphatic rings. The van der Waals surface area contributed by atoms with Gasteiger partial charge in [0, 0.05) is 19.2 Å². The molecule has 0 fully saturated rings. The van der Waals surface area contributed by atoms with Crippen molar-refractivity contribution < 1.29 is 17.9 Å². The standard InChI is InChI=1S/C10H10N4O5S/c1-11-9-4-8(14(15)16)2-3-10(9)20(17,18)13-7-5-12-19-6-7/h2-6,11,13H,1H3. The van der Waals surface area contributed by atoms with Gasteiger partial charge in [0.05, 0.1) is 16.8 Å². The number of hydrogen-bond donors (Lipinski definition) is 2. The first-order chi connectivity index (χ1) is 9.44. The van der Waals surface area contributed by atoms with Gasteiger partial charge in [-0.05, 0) is 6.07 Å². The Bertz CT molecular complexity index is 726. The molecule has 106 valence electrons. The molecule has 0 saturated heterocycles. The van der Waals surface area contributed by atoms with E-state index in [9.17, 15) is 18.5 Å². The molecule has 0 aliphatic carbocycles. The first-order valence-electron chi connectivity index (χ1n) is 5.32. The number of nitrogens with zero attached hydrogens (tertiary/aromatic N) is 2. The van der Waals surface area contributed by atoms with E-state index in [4.69, 9.17) is 0 Å². The van der Waals surface area contributed by atoms with Gasteiger partial charge in [0.25, 0.3) is 15.7 Å². The molecule has 0 aliphatic heterocycles. The second kappa shape index (κ2) is 5.17. The fourth-order valence-electron chi connectivity index (χ4n) is 1.53. The lowest BCUT2D eigenvalue weighted by Crippen LogP contribution is -2.14.